The Morgan fingerprint density at radius 2 is 0.907 bits per heavy atom. The molecule has 0 unspecified atom stereocenters. The quantitative estimate of drug-likeness (QED) is 0.118. The molecule has 0 bridgehead atoms. The van der Waals surface area contributed by atoms with Crippen molar-refractivity contribution in [1.29, 1.82) is 0 Å². The van der Waals surface area contributed by atoms with Gasteiger partial charge in [-0.05, 0) is 131 Å². The fourth-order valence-corrected chi connectivity index (χ4v) is 4.06. The first-order valence-electron chi connectivity index (χ1n) is 15.4. The summed E-state index contributed by atoms with van der Waals surface area (Å²) in [6.45, 7) is 20.1. The van der Waals surface area contributed by atoms with E-state index in [0.29, 0.717) is 42.6 Å². The summed E-state index contributed by atoms with van der Waals surface area (Å²) >= 11 is 0. The van der Waals surface area contributed by atoms with Gasteiger partial charge in [-0.15, -0.1) is 0 Å². The van der Waals surface area contributed by atoms with E-state index in [4.69, 9.17) is 18.9 Å². The smallest absolute Gasteiger partial charge is 0.338 e. The zero-order valence-electron chi connectivity index (χ0n) is 28.5. The average molecular weight is 593 g/mol. The third kappa shape index (κ3) is 17.3. The topological polar surface area (TPSA) is 54.0 Å². The van der Waals surface area contributed by atoms with Crippen molar-refractivity contribution in [3.05, 3.63) is 87.6 Å². The number of hydrogen-bond donors (Lipinski definition) is 0. The molecule has 1 aromatic rings. The predicted molar refractivity (Wildman–Crippen MR) is 182 cm³/mol. The molecule has 0 heterocycles. The van der Waals surface area contributed by atoms with Crippen LogP contribution in [0.1, 0.15) is 111 Å². The van der Waals surface area contributed by atoms with Gasteiger partial charge in [-0.25, -0.2) is 4.79 Å². The lowest BCUT2D eigenvalue weighted by atomic mass is 10.1. The van der Waals surface area contributed by atoms with E-state index in [-0.39, 0.29) is 0 Å². The van der Waals surface area contributed by atoms with Crippen LogP contribution in [0.2, 0.25) is 0 Å². The van der Waals surface area contributed by atoms with E-state index in [2.05, 4.69) is 98.8 Å². The van der Waals surface area contributed by atoms with Crippen LogP contribution in [0.15, 0.2) is 82.0 Å². The molecule has 0 spiro atoms. The number of carbonyl (C=O) groups excluding carboxylic acids is 1. The van der Waals surface area contributed by atoms with Crippen LogP contribution in [0.4, 0.5) is 0 Å². The Labute approximate surface area is 262 Å². The van der Waals surface area contributed by atoms with Crippen molar-refractivity contribution in [3.8, 4) is 17.2 Å². The van der Waals surface area contributed by atoms with Crippen molar-refractivity contribution in [3.63, 3.8) is 0 Å². The Kier molecular flexibility index (Phi) is 18.6. The van der Waals surface area contributed by atoms with Crippen molar-refractivity contribution in [2.75, 3.05) is 26.9 Å². The minimum atomic E-state index is -0.460. The molecule has 0 saturated carbocycles. The van der Waals surface area contributed by atoms with Crippen LogP contribution in [0.3, 0.4) is 0 Å². The lowest BCUT2D eigenvalue weighted by Crippen LogP contribution is -2.08. The van der Waals surface area contributed by atoms with Gasteiger partial charge in [0.25, 0.3) is 0 Å². The number of carbonyl (C=O) groups is 1. The Balaban J connectivity index is 3.27. The van der Waals surface area contributed by atoms with Crippen molar-refractivity contribution >= 4 is 5.97 Å². The number of methoxy groups -OCH3 is 1. The molecule has 1 rings (SSSR count). The molecule has 0 saturated heterocycles. The van der Waals surface area contributed by atoms with Gasteiger partial charge in [0, 0.05) is 0 Å². The van der Waals surface area contributed by atoms with Crippen LogP contribution in [0.25, 0.3) is 0 Å². The minimum Gasteiger partial charge on any atom is -0.485 e. The maximum atomic E-state index is 12.6. The van der Waals surface area contributed by atoms with Crippen molar-refractivity contribution < 1.29 is 23.7 Å². The van der Waals surface area contributed by atoms with Crippen molar-refractivity contribution in [2.45, 2.75) is 101 Å². The highest BCUT2D eigenvalue weighted by Crippen LogP contribution is 2.39. The Hall–Kier alpha value is -3.47. The summed E-state index contributed by atoms with van der Waals surface area (Å²) in [5.41, 5.74) is 8.03. The van der Waals surface area contributed by atoms with E-state index in [9.17, 15) is 4.79 Å². The lowest BCUT2D eigenvalue weighted by Gasteiger charge is -2.17. The van der Waals surface area contributed by atoms with E-state index < -0.39 is 5.97 Å². The highest BCUT2D eigenvalue weighted by Gasteiger charge is 2.19. The van der Waals surface area contributed by atoms with Crippen LogP contribution in [0.5, 0.6) is 17.2 Å². The largest absolute Gasteiger partial charge is 0.485 e. The SMILES string of the molecule is COC(=O)c1cc(OC/C=C(/C)CCC=C(C)C)c(OC/C=C(/C)CCC=C(C)C)c(OC/C=C(\C)CCC=C(C)C)c1. The molecule has 5 heteroatoms. The number of ether oxygens (including phenoxy) is 4. The highest BCUT2D eigenvalue weighted by molar-refractivity contribution is 5.91. The van der Waals surface area contributed by atoms with Crippen LogP contribution in [0, 0.1) is 0 Å². The number of esters is 1. The lowest BCUT2D eigenvalue weighted by molar-refractivity contribution is 0.0599. The van der Waals surface area contributed by atoms with Gasteiger partial charge < -0.3 is 18.9 Å². The summed E-state index contributed by atoms with van der Waals surface area (Å²) in [5.74, 6) is 0.919. The van der Waals surface area contributed by atoms with Crippen molar-refractivity contribution in [2.24, 2.45) is 0 Å². The summed E-state index contributed by atoms with van der Waals surface area (Å²) < 4.78 is 23.7. The van der Waals surface area contributed by atoms with E-state index in [1.54, 1.807) is 12.1 Å². The van der Waals surface area contributed by atoms with Gasteiger partial charge in [-0.3, -0.25) is 0 Å². The number of benzene rings is 1. The van der Waals surface area contributed by atoms with Gasteiger partial charge in [0.2, 0.25) is 5.75 Å². The first-order valence-corrected chi connectivity index (χ1v) is 15.4. The fourth-order valence-electron chi connectivity index (χ4n) is 4.06. The molecule has 0 atom stereocenters. The molecule has 0 N–H and O–H groups in total. The second-order valence-corrected chi connectivity index (χ2v) is 11.8. The fraction of sp³-hybridized carbons (Fsp3) is 0.500. The first-order chi connectivity index (χ1) is 20.4. The van der Waals surface area contributed by atoms with Gasteiger partial charge in [0.05, 0.1) is 12.7 Å². The molecule has 0 aliphatic rings. The summed E-state index contributed by atoms with van der Waals surface area (Å²) in [6.07, 6.45) is 18.8. The number of hydrogen-bond acceptors (Lipinski definition) is 5. The molecule has 0 radical (unpaired) electrons. The van der Waals surface area contributed by atoms with Gasteiger partial charge in [0.15, 0.2) is 11.5 Å². The van der Waals surface area contributed by atoms with Gasteiger partial charge >= 0.3 is 5.97 Å². The van der Waals surface area contributed by atoms with Crippen LogP contribution >= 0.6 is 0 Å². The molecule has 0 aromatic heterocycles. The Morgan fingerprint density at radius 3 is 1.23 bits per heavy atom. The van der Waals surface area contributed by atoms with E-state index in [1.165, 1.54) is 40.5 Å². The molecule has 238 valence electrons. The van der Waals surface area contributed by atoms with Gasteiger partial charge in [-0.1, -0.05) is 51.7 Å². The highest BCUT2D eigenvalue weighted by atomic mass is 16.5. The van der Waals surface area contributed by atoms with Crippen LogP contribution in [-0.4, -0.2) is 32.9 Å². The van der Waals surface area contributed by atoms with Gasteiger partial charge in [0.1, 0.15) is 19.8 Å². The summed E-state index contributed by atoms with van der Waals surface area (Å²) in [4.78, 5) is 12.6. The van der Waals surface area contributed by atoms with Crippen LogP contribution < -0.4 is 14.2 Å². The standard InChI is InChI=1S/C38H56O5/c1-28(2)14-11-17-31(7)20-23-41-35-26-34(38(39)40-10)27-36(42-24-21-32(8)18-12-15-29(3)4)37(35)43-25-22-33(9)19-13-16-30(5)6/h14-16,20-22,26-27H,11-13,17-19,23-25H2,1-10H3/b31-20-,32-21+,33-22-. The van der Waals surface area contributed by atoms with E-state index >= 15 is 0 Å². The summed E-state index contributed by atoms with van der Waals surface area (Å²) in [6, 6.07) is 3.35. The molecule has 5 nitrogen and oxygen atoms in total. The molecular weight excluding hydrogens is 536 g/mol. The van der Waals surface area contributed by atoms with Crippen molar-refractivity contribution in [1.82, 2.24) is 0 Å². The third-order valence-electron chi connectivity index (χ3n) is 6.72. The van der Waals surface area contributed by atoms with E-state index in [0.717, 1.165) is 38.5 Å². The summed E-state index contributed by atoms with van der Waals surface area (Å²) in [7, 11) is 1.37. The zero-order chi connectivity index (χ0) is 32.2. The van der Waals surface area contributed by atoms with E-state index in [1.807, 2.05) is 0 Å². The van der Waals surface area contributed by atoms with Gasteiger partial charge in [-0.2, -0.15) is 0 Å². The molecule has 1 aromatic carbocycles. The molecule has 0 amide bonds. The number of allylic oxidation sites excluding steroid dienone is 9. The zero-order valence-corrected chi connectivity index (χ0v) is 28.5. The predicted octanol–water partition coefficient (Wildman–Crippen LogP) is 10.7. The number of rotatable bonds is 19. The Bertz CT molecular complexity index is 1130. The maximum Gasteiger partial charge on any atom is 0.338 e. The Morgan fingerprint density at radius 1 is 0.558 bits per heavy atom. The second kappa shape index (κ2) is 21.3. The molecular formula is C38H56O5. The monoisotopic (exact) mass is 592 g/mol. The average Bonchev–Trinajstić information content (AvgIpc) is 2.92. The first kappa shape index (κ1) is 37.6. The normalized spacial score (nSPS) is 11.9. The summed E-state index contributed by atoms with van der Waals surface area (Å²) in [5, 5.41) is 0. The maximum absolute atomic E-state index is 12.6. The third-order valence-corrected chi connectivity index (χ3v) is 6.72. The molecule has 0 aliphatic heterocycles. The molecule has 0 fully saturated rings. The second-order valence-electron chi connectivity index (χ2n) is 11.8. The molecule has 43 heavy (non-hydrogen) atoms. The van der Waals surface area contributed by atoms with Crippen LogP contribution in [-0.2, 0) is 4.74 Å². The molecule has 0 aliphatic carbocycles. The minimum absolute atomic E-state index is 0.349.